The van der Waals surface area contributed by atoms with Crippen LogP contribution >= 0.6 is 0 Å². The quantitative estimate of drug-likeness (QED) is 0.372. The van der Waals surface area contributed by atoms with Gasteiger partial charge in [0.2, 0.25) is 0 Å². The van der Waals surface area contributed by atoms with Crippen LogP contribution in [0, 0.1) is 21.4 Å². The van der Waals surface area contributed by atoms with Gasteiger partial charge in [-0.3, -0.25) is 20.0 Å². The number of nitrogens with zero attached hydrogens (tertiary/aromatic N) is 5. The number of methoxy groups -OCH3 is 1. The third kappa shape index (κ3) is 4.56. The van der Waals surface area contributed by atoms with Gasteiger partial charge in [0.25, 0.3) is 5.69 Å². The molecule has 0 N–H and O–H groups in total. The van der Waals surface area contributed by atoms with E-state index in [2.05, 4.69) is 26.9 Å². The second kappa shape index (κ2) is 10.3. The maximum Gasteiger partial charge on any atom is 0.274 e. The number of para-hydroxylation sites is 3. The molecule has 0 amide bonds. The second-order valence-corrected chi connectivity index (χ2v) is 8.26. The average molecular weight is 458 g/mol. The predicted molar refractivity (Wildman–Crippen MR) is 130 cm³/mol. The maximum atomic E-state index is 11.8. The molecule has 1 atom stereocenters. The van der Waals surface area contributed by atoms with Crippen LogP contribution in [-0.4, -0.2) is 54.6 Å². The Bertz CT molecular complexity index is 1170. The Morgan fingerprint density at radius 2 is 1.76 bits per heavy atom. The van der Waals surface area contributed by atoms with Crippen LogP contribution in [0.2, 0.25) is 0 Å². The molecule has 8 nitrogen and oxygen atoms in total. The minimum atomic E-state index is -1.22. The van der Waals surface area contributed by atoms with Crippen LogP contribution in [0.25, 0.3) is 0 Å². The summed E-state index contributed by atoms with van der Waals surface area (Å²) in [5, 5.41) is 22.2. The van der Waals surface area contributed by atoms with Crippen molar-refractivity contribution in [3.8, 4) is 11.8 Å². The van der Waals surface area contributed by atoms with Gasteiger partial charge in [-0.05, 0) is 30.7 Å². The zero-order valence-electron chi connectivity index (χ0n) is 19.1. The largest absolute Gasteiger partial charge is 0.495 e. The van der Waals surface area contributed by atoms with Gasteiger partial charge in [-0.15, -0.1) is 0 Å². The number of nitro groups is 1. The molecule has 34 heavy (non-hydrogen) atoms. The van der Waals surface area contributed by atoms with Gasteiger partial charge in [0.1, 0.15) is 11.2 Å². The molecule has 1 fully saturated rings. The molecule has 0 saturated carbocycles. The Labute approximate surface area is 199 Å². The number of pyridine rings is 1. The summed E-state index contributed by atoms with van der Waals surface area (Å²) in [5.41, 5.74) is 0.707. The lowest BCUT2D eigenvalue weighted by molar-refractivity contribution is -0.385. The second-order valence-electron chi connectivity index (χ2n) is 8.26. The molecule has 8 heteroatoms. The molecule has 4 rings (SSSR count). The molecule has 0 bridgehead atoms. The smallest absolute Gasteiger partial charge is 0.274 e. The standard InChI is InChI=1S/C26H27N5O3/c1-34-24-11-5-4-10-23(24)30-18-16-29(17-19-30)15-13-26(20-27,25-12-6-7-14-28-25)21-8-2-3-9-22(21)31(32)33/h2-12,14H,13,15-19H2,1H3. The molecule has 2 heterocycles. The number of hydrogen-bond acceptors (Lipinski definition) is 7. The fraction of sp³-hybridized carbons (Fsp3) is 0.308. The molecule has 0 aliphatic carbocycles. The van der Waals surface area contributed by atoms with E-state index in [0.29, 0.717) is 24.2 Å². The van der Waals surface area contributed by atoms with E-state index >= 15 is 0 Å². The van der Waals surface area contributed by atoms with Gasteiger partial charge < -0.3 is 9.64 Å². The summed E-state index contributed by atoms with van der Waals surface area (Å²) >= 11 is 0. The molecule has 1 saturated heterocycles. The van der Waals surface area contributed by atoms with Gasteiger partial charge in [0.15, 0.2) is 0 Å². The third-order valence-electron chi connectivity index (χ3n) is 6.45. The van der Waals surface area contributed by atoms with Crippen molar-refractivity contribution >= 4 is 11.4 Å². The highest BCUT2D eigenvalue weighted by Crippen LogP contribution is 2.39. The highest BCUT2D eigenvalue weighted by molar-refractivity contribution is 5.58. The van der Waals surface area contributed by atoms with E-state index < -0.39 is 10.3 Å². The molecule has 3 aromatic rings. The minimum Gasteiger partial charge on any atom is -0.495 e. The van der Waals surface area contributed by atoms with Crippen LogP contribution in [0.15, 0.2) is 72.9 Å². The Kier molecular flexibility index (Phi) is 7.04. The highest BCUT2D eigenvalue weighted by atomic mass is 16.6. The Hall–Kier alpha value is -3.96. The fourth-order valence-corrected chi connectivity index (χ4v) is 4.61. The number of anilines is 1. The summed E-state index contributed by atoms with van der Waals surface area (Å²) in [7, 11) is 1.68. The molecule has 174 valence electrons. The van der Waals surface area contributed by atoms with E-state index in [1.165, 1.54) is 6.07 Å². The van der Waals surface area contributed by atoms with Crippen molar-refractivity contribution in [1.82, 2.24) is 9.88 Å². The summed E-state index contributed by atoms with van der Waals surface area (Å²) in [6, 6.07) is 22.3. The Morgan fingerprint density at radius 3 is 2.44 bits per heavy atom. The summed E-state index contributed by atoms with van der Waals surface area (Å²) in [5.74, 6) is 0.853. The summed E-state index contributed by atoms with van der Waals surface area (Å²) in [6.07, 6.45) is 2.03. The van der Waals surface area contributed by atoms with Gasteiger partial charge in [0.05, 0.1) is 35.0 Å². The minimum absolute atomic E-state index is 0.0595. The van der Waals surface area contributed by atoms with Gasteiger partial charge >= 0.3 is 0 Å². The number of rotatable bonds is 8. The maximum absolute atomic E-state index is 11.8. The monoisotopic (exact) mass is 457 g/mol. The first-order valence-electron chi connectivity index (χ1n) is 11.3. The van der Waals surface area contributed by atoms with Crippen molar-refractivity contribution in [3.63, 3.8) is 0 Å². The summed E-state index contributed by atoms with van der Waals surface area (Å²) in [4.78, 5) is 20.4. The Morgan fingerprint density at radius 1 is 1.06 bits per heavy atom. The Balaban J connectivity index is 1.55. The number of piperazine rings is 1. The summed E-state index contributed by atoms with van der Waals surface area (Å²) < 4.78 is 5.51. The van der Waals surface area contributed by atoms with Crippen LogP contribution in [0.3, 0.4) is 0 Å². The van der Waals surface area contributed by atoms with E-state index in [-0.39, 0.29) is 5.69 Å². The predicted octanol–water partition coefficient (Wildman–Crippen LogP) is 4.02. The normalized spacial score (nSPS) is 15.8. The van der Waals surface area contributed by atoms with Gasteiger partial charge in [-0.1, -0.05) is 36.4 Å². The molecule has 1 aliphatic rings. The van der Waals surface area contributed by atoms with Gasteiger partial charge in [-0.25, -0.2) is 0 Å². The third-order valence-corrected chi connectivity index (χ3v) is 6.45. The number of ether oxygens (including phenoxy) is 1. The van der Waals surface area contributed by atoms with E-state index in [1.54, 1.807) is 43.6 Å². The zero-order valence-corrected chi connectivity index (χ0v) is 19.1. The number of benzene rings is 2. The lowest BCUT2D eigenvalue weighted by atomic mass is 9.74. The number of nitriles is 1. The van der Waals surface area contributed by atoms with Crippen LogP contribution in [0.1, 0.15) is 17.7 Å². The molecule has 0 radical (unpaired) electrons. The topological polar surface area (TPSA) is 95.5 Å². The van der Waals surface area contributed by atoms with Crippen LogP contribution < -0.4 is 9.64 Å². The molecular weight excluding hydrogens is 430 g/mol. The molecule has 0 spiro atoms. The van der Waals surface area contributed by atoms with Crippen LogP contribution in [-0.2, 0) is 5.41 Å². The first-order valence-corrected chi connectivity index (χ1v) is 11.3. The van der Waals surface area contributed by atoms with Crippen LogP contribution in [0.5, 0.6) is 5.75 Å². The zero-order chi connectivity index (χ0) is 24.0. The molecule has 1 unspecified atom stereocenters. The van der Waals surface area contributed by atoms with Crippen LogP contribution in [0.4, 0.5) is 11.4 Å². The number of hydrogen-bond donors (Lipinski definition) is 0. The average Bonchev–Trinajstić information content (AvgIpc) is 2.90. The number of aromatic nitrogens is 1. The van der Waals surface area contributed by atoms with E-state index in [9.17, 15) is 15.4 Å². The van der Waals surface area contributed by atoms with Crippen molar-refractivity contribution in [2.24, 2.45) is 0 Å². The highest BCUT2D eigenvalue weighted by Gasteiger charge is 2.41. The van der Waals surface area contributed by atoms with Crippen molar-refractivity contribution in [2.75, 3.05) is 44.7 Å². The fourth-order valence-electron chi connectivity index (χ4n) is 4.61. The van der Waals surface area contributed by atoms with Crippen molar-refractivity contribution in [1.29, 1.82) is 5.26 Å². The summed E-state index contributed by atoms with van der Waals surface area (Å²) in [6.45, 7) is 3.91. The van der Waals surface area contributed by atoms with E-state index in [4.69, 9.17) is 4.74 Å². The number of nitro benzene ring substituents is 1. The molecular formula is C26H27N5O3. The van der Waals surface area contributed by atoms with Crippen molar-refractivity contribution in [3.05, 3.63) is 94.3 Å². The first-order chi connectivity index (χ1) is 16.6. The lowest BCUT2D eigenvalue weighted by Crippen LogP contribution is -2.47. The van der Waals surface area contributed by atoms with Crippen molar-refractivity contribution in [2.45, 2.75) is 11.8 Å². The molecule has 2 aromatic carbocycles. The molecule has 1 aliphatic heterocycles. The van der Waals surface area contributed by atoms with Gasteiger partial charge in [-0.2, -0.15) is 5.26 Å². The van der Waals surface area contributed by atoms with E-state index in [0.717, 1.165) is 37.6 Å². The van der Waals surface area contributed by atoms with E-state index in [1.807, 2.05) is 24.3 Å². The van der Waals surface area contributed by atoms with Gasteiger partial charge in [0, 0.05) is 45.0 Å². The molecule has 1 aromatic heterocycles. The SMILES string of the molecule is COc1ccccc1N1CCN(CCC(C#N)(c2ccccn2)c2ccccc2[N+](=O)[O-])CC1. The first kappa shape index (κ1) is 23.2. The van der Waals surface area contributed by atoms with Crippen molar-refractivity contribution < 1.29 is 9.66 Å². The lowest BCUT2D eigenvalue weighted by Gasteiger charge is -2.38.